The molecule has 0 radical (unpaired) electrons. The molecule has 0 aliphatic carbocycles. The number of benzene rings is 2. The number of hydrogen-bond donors (Lipinski definition) is 1. The molecule has 3 rings (SSSR count). The molecule has 8 nitrogen and oxygen atoms in total. The third kappa shape index (κ3) is 4.08. The van der Waals surface area contributed by atoms with E-state index < -0.39 is 35.7 Å². The van der Waals surface area contributed by atoms with Crippen LogP contribution in [0, 0.1) is 5.82 Å². The molecule has 1 heterocycles. The molecule has 0 aromatic heterocycles. The van der Waals surface area contributed by atoms with Gasteiger partial charge >= 0.3 is 17.9 Å². The average molecular weight is 401 g/mol. The number of amides is 1. The molecule has 2 aromatic rings. The van der Waals surface area contributed by atoms with Gasteiger partial charge in [-0.25, -0.2) is 18.8 Å². The molecule has 1 aliphatic rings. The van der Waals surface area contributed by atoms with E-state index in [0.29, 0.717) is 5.56 Å². The summed E-state index contributed by atoms with van der Waals surface area (Å²) in [5.74, 6) is -3.48. The number of methoxy groups -OCH3 is 2. The molecule has 2 aromatic carbocycles. The van der Waals surface area contributed by atoms with Gasteiger partial charge in [-0.05, 0) is 42.0 Å². The Kier molecular flexibility index (Phi) is 5.58. The standard InChI is InChI=1S/C20H16FNO7/c1-27-18(24)10-3-5-14(19(25)28-2)15(8-10)22-17(23)16-9-11-7-12(21)4-6-13(11)20(26)29-16/h3-8,16H,9H2,1-2H3,(H,22,23). The van der Waals surface area contributed by atoms with Crippen molar-refractivity contribution in [2.45, 2.75) is 12.5 Å². The lowest BCUT2D eigenvalue weighted by atomic mass is 9.98. The molecule has 29 heavy (non-hydrogen) atoms. The minimum atomic E-state index is -1.25. The highest BCUT2D eigenvalue weighted by molar-refractivity contribution is 6.05. The van der Waals surface area contributed by atoms with Crippen molar-refractivity contribution in [2.75, 3.05) is 19.5 Å². The Balaban J connectivity index is 1.89. The molecular weight excluding hydrogens is 385 g/mol. The van der Waals surface area contributed by atoms with Crippen molar-refractivity contribution < 1.29 is 37.8 Å². The lowest BCUT2D eigenvalue weighted by Crippen LogP contribution is -2.38. The lowest BCUT2D eigenvalue weighted by Gasteiger charge is -2.24. The van der Waals surface area contributed by atoms with Gasteiger partial charge in [-0.1, -0.05) is 0 Å². The van der Waals surface area contributed by atoms with Gasteiger partial charge in [-0.3, -0.25) is 4.79 Å². The number of ether oxygens (including phenoxy) is 3. The molecule has 150 valence electrons. The normalized spacial score (nSPS) is 15.0. The second-order valence-corrected chi connectivity index (χ2v) is 6.13. The van der Waals surface area contributed by atoms with E-state index in [0.717, 1.165) is 19.2 Å². The van der Waals surface area contributed by atoms with Crippen LogP contribution in [0.5, 0.6) is 0 Å². The first-order valence-corrected chi connectivity index (χ1v) is 8.45. The van der Waals surface area contributed by atoms with E-state index >= 15 is 0 Å². The summed E-state index contributed by atoms with van der Waals surface area (Å²) in [5.41, 5.74) is 0.563. The van der Waals surface area contributed by atoms with Crippen molar-refractivity contribution in [3.63, 3.8) is 0 Å². The predicted octanol–water partition coefficient (Wildman–Crippen LogP) is 2.12. The van der Waals surface area contributed by atoms with E-state index in [1.165, 1.54) is 31.4 Å². The van der Waals surface area contributed by atoms with Crippen LogP contribution in [-0.4, -0.2) is 44.1 Å². The highest BCUT2D eigenvalue weighted by Gasteiger charge is 2.32. The predicted molar refractivity (Wildman–Crippen MR) is 97.1 cm³/mol. The van der Waals surface area contributed by atoms with E-state index in [1.807, 2.05) is 0 Å². The summed E-state index contributed by atoms with van der Waals surface area (Å²) in [5, 5.41) is 2.46. The number of cyclic esters (lactones) is 1. The fourth-order valence-corrected chi connectivity index (χ4v) is 2.90. The van der Waals surface area contributed by atoms with Crippen LogP contribution in [-0.2, 0) is 25.4 Å². The second kappa shape index (κ2) is 8.09. The Hall–Kier alpha value is -3.75. The van der Waals surface area contributed by atoms with E-state index in [-0.39, 0.29) is 28.8 Å². The minimum absolute atomic E-state index is 0.0120. The Labute approximate surface area is 164 Å². The summed E-state index contributed by atoms with van der Waals surface area (Å²) in [6, 6.07) is 7.46. The maximum absolute atomic E-state index is 13.5. The fourth-order valence-electron chi connectivity index (χ4n) is 2.90. The molecule has 0 saturated heterocycles. The summed E-state index contributed by atoms with van der Waals surface area (Å²) < 4.78 is 27.9. The number of halogens is 1. The van der Waals surface area contributed by atoms with Crippen molar-refractivity contribution in [1.82, 2.24) is 0 Å². The maximum atomic E-state index is 13.5. The zero-order valence-corrected chi connectivity index (χ0v) is 15.5. The third-order valence-corrected chi connectivity index (χ3v) is 4.34. The number of fused-ring (bicyclic) bond motifs is 1. The molecule has 1 unspecified atom stereocenters. The number of carbonyl (C=O) groups is 4. The van der Waals surface area contributed by atoms with Gasteiger partial charge in [-0.2, -0.15) is 0 Å². The van der Waals surface area contributed by atoms with Crippen LogP contribution < -0.4 is 5.32 Å². The van der Waals surface area contributed by atoms with Crippen LogP contribution in [0.15, 0.2) is 36.4 Å². The Bertz CT molecular complexity index is 1020. The Morgan fingerprint density at radius 2 is 1.79 bits per heavy atom. The van der Waals surface area contributed by atoms with Gasteiger partial charge in [0.2, 0.25) is 0 Å². The van der Waals surface area contributed by atoms with Crippen molar-refractivity contribution in [3.05, 3.63) is 64.5 Å². The first-order valence-electron chi connectivity index (χ1n) is 8.45. The number of hydrogen-bond acceptors (Lipinski definition) is 7. The number of rotatable bonds is 4. The van der Waals surface area contributed by atoms with E-state index in [9.17, 15) is 23.6 Å². The summed E-state index contributed by atoms with van der Waals surface area (Å²) in [6.07, 6.45) is -1.29. The number of esters is 3. The van der Waals surface area contributed by atoms with Gasteiger partial charge in [0.25, 0.3) is 5.91 Å². The zero-order valence-electron chi connectivity index (χ0n) is 15.5. The summed E-state index contributed by atoms with van der Waals surface area (Å²) in [4.78, 5) is 48.5. The van der Waals surface area contributed by atoms with Crippen LogP contribution in [0.4, 0.5) is 10.1 Å². The van der Waals surface area contributed by atoms with Crippen molar-refractivity contribution in [1.29, 1.82) is 0 Å². The molecule has 0 fully saturated rings. The molecular formula is C20H16FNO7. The summed E-state index contributed by atoms with van der Waals surface area (Å²) in [6.45, 7) is 0. The van der Waals surface area contributed by atoms with Crippen LogP contribution in [0.2, 0.25) is 0 Å². The largest absolute Gasteiger partial charge is 0.465 e. The van der Waals surface area contributed by atoms with Crippen molar-refractivity contribution in [2.24, 2.45) is 0 Å². The fraction of sp³-hybridized carbons (Fsp3) is 0.200. The number of anilines is 1. The van der Waals surface area contributed by atoms with E-state index in [4.69, 9.17) is 4.74 Å². The maximum Gasteiger partial charge on any atom is 0.339 e. The van der Waals surface area contributed by atoms with Crippen molar-refractivity contribution >= 4 is 29.5 Å². The van der Waals surface area contributed by atoms with Crippen LogP contribution in [0.3, 0.4) is 0 Å². The smallest absolute Gasteiger partial charge is 0.339 e. The highest BCUT2D eigenvalue weighted by atomic mass is 19.1. The van der Waals surface area contributed by atoms with Gasteiger partial charge in [0, 0.05) is 6.42 Å². The van der Waals surface area contributed by atoms with Gasteiger partial charge in [0.15, 0.2) is 6.10 Å². The monoisotopic (exact) mass is 401 g/mol. The molecule has 1 N–H and O–H groups in total. The van der Waals surface area contributed by atoms with Gasteiger partial charge in [0.05, 0.1) is 36.6 Å². The molecule has 0 saturated carbocycles. The van der Waals surface area contributed by atoms with Gasteiger partial charge in [-0.15, -0.1) is 0 Å². The van der Waals surface area contributed by atoms with Gasteiger partial charge in [0.1, 0.15) is 5.82 Å². The molecule has 1 atom stereocenters. The van der Waals surface area contributed by atoms with E-state index in [1.54, 1.807) is 0 Å². The highest BCUT2D eigenvalue weighted by Crippen LogP contribution is 2.24. The van der Waals surface area contributed by atoms with E-state index in [2.05, 4.69) is 14.8 Å². The Morgan fingerprint density at radius 1 is 1.07 bits per heavy atom. The third-order valence-electron chi connectivity index (χ3n) is 4.34. The summed E-state index contributed by atoms with van der Waals surface area (Å²) >= 11 is 0. The first kappa shape index (κ1) is 20.0. The quantitative estimate of drug-likeness (QED) is 0.618. The van der Waals surface area contributed by atoms with Crippen molar-refractivity contribution in [3.8, 4) is 0 Å². The molecule has 1 aliphatic heterocycles. The molecule has 9 heteroatoms. The summed E-state index contributed by atoms with van der Waals surface area (Å²) in [7, 11) is 2.35. The van der Waals surface area contributed by atoms with Crippen LogP contribution >= 0.6 is 0 Å². The topological polar surface area (TPSA) is 108 Å². The zero-order chi connectivity index (χ0) is 21.1. The number of carbonyl (C=O) groups excluding carboxylic acids is 4. The van der Waals surface area contributed by atoms with Crippen LogP contribution in [0.25, 0.3) is 0 Å². The lowest BCUT2D eigenvalue weighted by molar-refractivity contribution is -0.125. The van der Waals surface area contributed by atoms with Crippen LogP contribution in [0.1, 0.15) is 36.6 Å². The second-order valence-electron chi connectivity index (χ2n) is 6.13. The molecule has 1 amide bonds. The average Bonchev–Trinajstić information content (AvgIpc) is 2.72. The first-order chi connectivity index (χ1) is 13.8. The minimum Gasteiger partial charge on any atom is -0.465 e. The Morgan fingerprint density at radius 3 is 2.48 bits per heavy atom. The SMILES string of the molecule is COC(=O)c1ccc(C(=O)OC)c(NC(=O)C2Cc3cc(F)ccc3C(=O)O2)c1. The number of nitrogens with one attached hydrogen (secondary N) is 1. The molecule has 0 spiro atoms. The molecule has 0 bridgehead atoms. The van der Waals surface area contributed by atoms with Gasteiger partial charge < -0.3 is 19.5 Å².